The summed E-state index contributed by atoms with van der Waals surface area (Å²) < 4.78 is 40.6. The third-order valence-corrected chi connectivity index (χ3v) is 3.76. The van der Waals surface area contributed by atoms with E-state index in [2.05, 4.69) is 21.0 Å². The molecule has 1 aromatic heterocycles. The highest BCUT2D eigenvalue weighted by Gasteiger charge is 2.34. The van der Waals surface area contributed by atoms with Gasteiger partial charge in [-0.05, 0) is 46.8 Å². The number of carbonyl (C=O) groups is 1. The Hall–Kier alpha value is -3.34. The molecule has 0 atom stereocenters. The number of rotatable bonds is 4. The number of nitrogens with zero attached hydrogens (tertiary/aromatic N) is 5. The van der Waals surface area contributed by atoms with Crippen molar-refractivity contribution in [3.63, 3.8) is 0 Å². The molecule has 0 aliphatic carbocycles. The summed E-state index contributed by atoms with van der Waals surface area (Å²) in [6, 6.07) is 8.48. The predicted molar refractivity (Wildman–Crippen MR) is 91.3 cm³/mol. The number of carbonyl (C=O) groups excluding carboxylic acids is 1. The maximum Gasteiger partial charge on any atom is 0.417 e. The maximum atomic E-state index is 13.1. The first-order valence-corrected chi connectivity index (χ1v) is 7.70. The van der Waals surface area contributed by atoms with E-state index in [0.29, 0.717) is 11.4 Å². The minimum absolute atomic E-state index is 0.132. The quantitative estimate of drug-likeness (QED) is 0.658. The van der Waals surface area contributed by atoms with Gasteiger partial charge >= 0.3 is 12.2 Å². The number of hydrazine groups is 1. The molecule has 0 radical (unpaired) electrons. The van der Waals surface area contributed by atoms with Gasteiger partial charge in [0.05, 0.1) is 27.6 Å². The topological polar surface area (TPSA) is 102 Å². The van der Waals surface area contributed by atoms with Gasteiger partial charge in [-0.1, -0.05) is 17.7 Å². The van der Waals surface area contributed by atoms with Gasteiger partial charge in [0.1, 0.15) is 6.33 Å². The summed E-state index contributed by atoms with van der Waals surface area (Å²) >= 11 is 5.61. The van der Waals surface area contributed by atoms with Crippen molar-refractivity contribution in [3.8, 4) is 5.69 Å². The number of primary amides is 1. The molecule has 0 fully saturated rings. The molecular weight excluding hydrogens is 387 g/mol. The summed E-state index contributed by atoms with van der Waals surface area (Å²) in [5.74, 6) is 0. The number of alkyl halides is 3. The Labute approximate surface area is 155 Å². The summed E-state index contributed by atoms with van der Waals surface area (Å²) in [7, 11) is 0. The van der Waals surface area contributed by atoms with Crippen molar-refractivity contribution in [2.75, 3.05) is 10.4 Å². The summed E-state index contributed by atoms with van der Waals surface area (Å²) in [5, 5.41) is 11.0. The maximum absolute atomic E-state index is 13.1. The van der Waals surface area contributed by atoms with Gasteiger partial charge in [0.25, 0.3) is 0 Å². The summed E-state index contributed by atoms with van der Waals surface area (Å²) in [5.41, 5.74) is 7.69. The molecule has 0 aliphatic rings. The number of aromatic nitrogens is 4. The van der Waals surface area contributed by atoms with Crippen LogP contribution in [0.3, 0.4) is 0 Å². The zero-order valence-corrected chi connectivity index (χ0v) is 14.1. The summed E-state index contributed by atoms with van der Waals surface area (Å²) in [6.45, 7) is 0. The highest BCUT2D eigenvalue weighted by Crippen LogP contribution is 2.37. The zero-order valence-electron chi connectivity index (χ0n) is 13.4. The average molecular weight is 398 g/mol. The van der Waals surface area contributed by atoms with Gasteiger partial charge in [-0.15, -0.1) is 5.10 Å². The summed E-state index contributed by atoms with van der Waals surface area (Å²) in [6.07, 6.45) is -3.32. The standard InChI is InChI=1S/C15H11ClF3N7O/c16-13-5-4-11(7-12(13)15(17,18)19)26(14(20)27)22-9-2-1-3-10(6-9)25-8-21-23-24-25/h1-8,22H,(H2,20,27). The van der Waals surface area contributed by atoms with Crippen molar-refractivity contribution in [2.24, 2.45) is 5.73 Å². The number of amides is 2. The molecule has 140 valence electrons. The first-order chi connectivity index (χ1) is 12.8. The molecule has 3 aromatic rings. The Morgan fingerprint density at radius 3 is 2.63 bits per heavy atom. The lowest BCUT2D eigenvalue weighted by Crippen LogP contribution is -2.40. The molecule has 0 aliphatic heterocycles. The van der Waals surface area contributed by atoms with E-state index in [1.807, 2.05) is 0 Å². The molecule has 8 nitrogen and oxygen atoms in total. The van der Waals surface area contributed by atoms with Crippen LogP contribution in [-0.2, 0) is 6.18 Å². The lowest BCUT2D eigenvalue weighted by atomic mass is 10.2. The van der Waals surface area contributed by atoms with Crippen LogP contribution in [0.15, 0.2) is 48.8 Å². The molecule has 0 unspecified atom stereocenters. The molecule has 3 rings (SSSR count). The van der Waals surface area contributed by atoms with Gasteiger partial charge in [0, 0.05) is 0 Å². The second-order valence-corrected chi connectivity index (χ2v) is 5.66. The number of urea groups is 1. The Bertz CT molecular complexity index is 962. The SMILES string of the molecule is NC(=O)N(Nc1cccc(-n2cnnn2)c1)c1ccc(Cl)c(C(F)(F)F)c1. The molecule has 0 saturated carbocycles. The predicted octanol–water partition coefficient (Wildman–Crippen LogP) is 3.25. The number of hydrogen-bond donors (Lipinski definition) is 2. The lowest BCUT2D eigenvalue weighted by molar-refractivity contribution is -0.137. The minimum Gasteiger partial charge on any atom is -0.350 e. The van der Waals surface area contributed by atoms with Crippen molar-refractivity contribution in [1.82, 2.24) is 20.2 Å². The van der Waals surface area contributed by atoms with Crippen molar-refractivity contribution in [3.05, 3.63) is 59.4 Å². The van der Waals surface area contributed by atoms with Gasteiger partial charge in [-0.25, -0.2) is 14.5 Å². The smallest absolute Gasteiger partial charge is 0.350 e. The van der Waals surface area contributed by atoms with E-state index >= 15 is 0 Å². The third kappa shape index (κ3) is 4.08. The normalized spacial score (nSPS) is 11.3. The summed E-state index contributed by atoms with van der Waals surface area (Å²) in [4.78, 5) is 11.8. The van der Waals surface area contributed by atoms with Crippen LogP contribution in [0.4, 0.5) is 29.3 Å². The molecule has 12 heteroatoms. The largest absolute Gasteiger partial charge is 0.417 e. The highest BCUT2D eigenvalue weighted by atomic mass is 35.5. The molecule has 1 heterocycles. The van der Waals surface area contributed by atoms with Crippen LogP contribution in [-0.4, -0.2) is 26.2 Å². The highest BCUT2D eigenvalue weighted by molar-refractivity contribution is 6.31. The van der Waals surface area contributed by atoms with Gasteiger partial charge in [0.2, 0.25) is 0 Å². The van der Waals surface area contributed by atoms with Crippen LogP contribution >= 0.6 is 11.6 Å². The molecule has 27 heavy (non-hydrogen) atoms. The Balaban J connectivity index is 1.94. The Morgan fingerprint density at radius 2 is 2.00 bits per heavy atom. The zero-order chi connectivity index (χ0) is 19.6. The van der Waals surface area contributed by atoms with E-state index in [-0.39, 0.29) is 5.69 Å². The van der Waals surface area contributed by atoms with Crippen molar-refractivity contribution in [1.29, 1.82) is 0 Å². The molecule has 2 aromatic carbocycles. The lowest BCUT2D eigenvalue weighted by Gasteiger charge is -2.23. The number of tetrazole rings is 1. The monoisotopic (exact) mass is 397 g/mol. The Morgan fingerprint density at radius 1 is 1.22 bits per heavy atom. The fourth-order valence-corrected chi connectivity index (χ4v) is 2.47. The van der Waals surface area contributed by atoms with E-state index in [9.17, 15) is 18.0 Å². The van der Waals surface area contributed by atoms with Crippen molar-refractivity contribution < 1.29 is 18.0 Å². The van der Waals surface area contributed by atoms with Gasteiger partial charge in [-0.2, -0.15) is 13.2 Å². The number of nitrogens with two attached hydrogens (primary N) is 1. The minimum atomic E-state index is -4.68. The van der Waals surface area contributed by atoms with Crippen molar-refractivity contribution >= 4 is 29.0 Å². The fourth-order valence-electron chi connectivity index (χ4n) is 2.24. The van der Waals surface area contributed by atoms with E-state index in [4.69, 9.17) is 17.3 Å². The molecule has 3 N–H and O–H groups in total. The Kier molecular flexibility index (Phi) is 4.86. The van der Waals surface area contributed by atoms with Crippen LogP contribution in [0.2, 0.25) is 5.02 Å². The van der Waals surface area contributed by atoms with Crippen molar-refractivity contribution in [2.45, 2.75) is 6.18 Å². The molecule has 0 bridgehead atoms. The number of hydrogen-bond acceptors (Lipinski definition) is 5. The van der Waals surface area contributed by atoms with Crippen LogP contribution in [0.1, 0.15) is 5.56 Å². The number of nitrogens with one attached hydrogen (secondary N) is 1. The van der Waals surface area contributed by atoms with E-state index < -0.39 is 22.8 Å². The van der Waals surface area contributed by atoms with Crippen LogP contribution in [0.5, 0.6) is 0 Å². The number of benzene rings is 2. The van der Waals surface area contributed by atoms with E-state index in [1.165, 1.54) is 17.1 Å². The van der Waals surface area contributed by atoms with Crippen LogP contribution < -0.4 is 16.2 Å². The number of anilines is 2. The molecule has 2 amide bonds. The molecule has 0 spiro atoms. The van der Waals surface area contributed by atoms with Crippen LogP contribution in [0.25, 0.3) is 5.69 Å². The molecule has 0 saturated heterocycles. The number of halogens is 4. The average Bonchev–Trinajstić information content (AvgIpc) is 3.14. The van der Waals surface area contributed by atoms with Gasteiger partial charge in [0.15, 0.2) is 0 Å². The first kappa shape index (κ1) is 18.5. The van der Waals surface area contributed by atoms with Gasteiger partial charge < -0.3 is 5.73 Å². The first-order valence-electron chi connectivity index (χ1n) is 7.32. The third-order valence-electron chi connectivity index (χ3n) is 3.43. The second-order valence-electron chi connectivity index (χ2n) is 5.25. The van der Waals surface area contributed by atoms with Crippen LogP contribution in [0, 0.1) is 0 Å². The second kappa shape index (κ2) is 7.11. The molecular formula is C15H11ClF3N7O. The van der Waals surface area contributed by atoms with E-state index in [0.717, 1.165) is 17.1 Å². The van der Waals surface area contributed by atoms with Gasteiger partial charge in [-0.3, -0.25) is 5.43 Å². The van der Waals surface area contributed by atoms with E-state index in [1.54, 1.807) is 24.3 Å². The fraction of sp³-hybridized carbons (Fsp3) is 0.0667.